The highest BCUT2D eigenvalue weighted by molar-refractivity contribution is 5.79. The van der Waals surface area contributed by atoms with Crippen molar-refractivity contribution in [3.8, 4) is 0 Å². The quantitative estimate of drug-likeness (QED) is 0.781. The number of carbonyl (C=O) groups excluding carboxylic acids is 1. The Balaban J connectivity index is 4.56. The van der Waals surface area contributed by atoms with Crippen molar-refractivity contribution in [2.45, 2.75) is 52.7 Å². The van der Waals surface area contributed by atoms with Crippen LogP contribution in [0.25, 0.3) is 0 Å². The van der Waals surface area contributed by atoms with Crippen LogP contribution in [0.5, 0.6) is 0 Å². The van der Waals surface area contributed by atoms with Crippen LogP contribution in [-0.2, 0) is 9.53 Å². The Kier molecular flexibility index (Phi) is 4.02. The van der Waals surface area contributed by atoms with Gasteiger partial charge in [0.15, 0.2) is 0 Å². The van der Waals surface area contributed by atoms with Crippen molar-refractivity contribution in [1.29, 1.82) is 0 Å². The van der Waals surface area contributed by atoms with Crippen LogP contribution in [0.2, 0.25) is 0 Å². The number of carboxylic acid groups (broad SMARTS) is 1. The number of hydrogen-bond donors (Lipinski definition) is 2. The van der Waals surface area contributed by atoms with E-state index in [0.717, 1.165) is 0 Å². The number of rotatable bonds is 4. The summed E-state index contributed by atoms with van der Waals surface area (Å²) in [6.45, 7) is 6.21. The molecule has 0 aliphatic rings. The molecule has 0 saturated heterocycles. The molecular weight excluding hydrogens is 210 g/mol. The topological polar surface area (TPSA) is 75.6 Å². The third-order valence-corrected chi connectivity index (χ3v) is 1.54. The van der Waals surface area contributed by atoms with E-state index in [-0.39, 0.29) is 13.3 Å². The lowest BCUT2D eigenvalue weighted by Crippen LogP contribution is -2.44. The van der Waals surface area contributed by atoms with Gasteiger partial charge in [0, 0.05) is 2.74 Å². The lowest BCUT2D eigenvalue weighted by molar-refractivity contribution is -0.139. The van der Waals surface area contributed by atoms with E-state index in [1.165, 1.54) is 6.92 Å². The number of nitrogens with one attached hydrogen (secondary N) is 1. The fraction of sp³-hybridized carbons (Fsp3) is 0.818. The first-order valence-electron chi connectivity index (χ1n) is 6.19. The zero-order valence-corrected chi connectivity index (χ0v) is 10.2. The van der Waals surface area contributed by atoms with E-state index in [2.05, 4.69) is 5.32 Å². The smallest absolute Gasteiger partial charge is 0.408 e. The van der Waals surface area contributed by atoms with Crippen LogP contribution < -0.4 is 5.32 Å². The van der Waals surface area contributed by atoms with Crippen LogP contribution in [0.15, 0.2) is 0 Å². The van der Waals surface area contributed by atoms with Gasteiger partial charge in [-0.05, 0) is 33.1 Å². The second-order valence-electron chi connectivity index (χ2n) is 4.70. The Morgan fingerprint density at radius 2 is 2.12 bits per heavy atom. The molecule has 0 bridgehead atoms. The van der Waals surface area contributed by atoms with E-state index in [1.807, 2.05) is 0 Å². The summed E-state index contributed by atoms with van der Waals surface area (Å²) in [7, 11) is 0. The lowest BCUT2D eigenvalue weighted by atomic mass is 10.0. The zero-order valence-electron chi connectivity index (χ0n) is 12.2. The van der Waals surface area contributed by atoms with Crippen LogP contribution in [0, 0.1) is 5.89 Å². The average molecular weight is 235 g/mol. The Labute approximate surface area is 99.0 Å². The van der Waals surface area contributed by atoms with Crippen LogP contribution in [-0.4, -0.2) is 28.8 Å². The molecule has 0 saturated carbocycles. The minimum Gasteiger partial charge on any atom is -0.480 e. The van der Waals surface area contributed by atoms with Crippen molar-refractivity contribution in [2.24, 2.45) is 5.89 Å². The third kappa shape index (κ3) is 7.09. The molecule has 5 nitrogen and oxygen atoms in total. The maximum Gasteiger partial charge on any atom is 0.408 e. The molecule has 0 heterocycles. The standard InChI is InChI=1S/C11H21NO4/c1-7(2)6-8(9(13)14)12-10(15)16-11(3,4)5/h7-8H,6H2,1-5H3,(H,12,15)(H,13,14)/t8-/m0/s1/i1T,7T/t7?,8-. The molecule has 94 valence electrons. The predicted molar refractivity (Wildman–Crippen MR) is 60.2 cm³/mol. The number of carboxylic acids is 1. The van der Waals surface area contributed by atoms with Gasteiger partial charge in [-0.1, -0.05) is 13.8 Å². The van der Waals surface area contributed by atoms with Gasteiger partial charge in [-0.25, -0.2) is 9.59 Å². The lowest BCUT2D eigenvalue weighted by Gasteiger charge is -2.22. The van der Waals surface area contributed by atoms with Gasteiger partial charge in [0.25, 0.3) is 0 Å². The van der Waals surface area contributed by atoms with Crippen molar-refractivity contribution in [2.75, 3.05) is 0 Å². The molecule has 1 unspecified atom stereocenters. The summed E-state index contributed by atoms with van der Waals surface area (Å²) in [4.78, 5) is 22.4. The molecular formula is C11H21NO4. The monoisotopic (exact) mass is 235 g/mol. The number of hydrogen-bond acceptors (Lipinski definition) is 3. The predicted octanol–water partition coefficient (Wildman–Crippen LogP) is 2.01. The number of aliphatic carboxylic acids is 1. The van der Waals surface area contributed by atoms with Crippen molar-refractivity contribution in [1.82, 2.24) is 5.32 Å². The van der Waals surface area contributed by atoms with Crippen molar-refractivity contribution < 1.29 is 22.2 Å². The molecule has 0 aromatic heterocycles. The molecule has 0 rings (SSSR count). The summed E-state index contributed by atoms with van der Waals surface area (Å²) < 4.78 is 19.8. The number of ether oxygens (including phenoxy) is 1. The average Bonchev–Trinajstić information content (AvgIpc) is 2.13. The highest BCUT2D eigenvalue weighted by Crippen LogP contribution is 2.09. The molecule has 0 aliphatic heterocycles. The van der Waals surface area contributed by atoms with Crippen LogP contribution in [0.1, 0.15) is 43.8 Å². The van der Waals surface area contributed by atoms with E-state index in [9.17, 15) is 9.59 Å². The van der Waals surface area contributed by atoms with E-state index in [0.29, 0.717) is 0 Å². The SMILES string of the molecule is [3H]CC([3H])(C)C[C@H](NC(=O)OC(C)(C)C)C(=O)O. The maximum atomic E-state index is 11.4. The fourth-order valence-electron chi connectivity index (χ4n) is 0.998. The summed E-state index contributed by atoms with van der Waals surface area (Å²) in [5.74, 6) is -2.47. The first-order valence-corrected chi connectivity index (χ1v) is 4.98. The molecule has 0 aromatic carbocycles. The number of amides is 1. The molecule has 0 fully saturated rings. The summed E-state index contributed by atoms with van der Waals surface area (Å²) >= 11 is 0. The largest absolute Gasteiger partial charge is 0.480 e. The Morgan fingerprint density at radius 3 is 2.50 bits per heavy atom. The first kappa shape index (κ1) is 11.2. The minimum absolute atomic E-state index is 0.148. The number of carbonyl (C=O) groups is 2. The molecule has 16 heavy (non-hydrogen) atoms. The van der Waals surface area contributed by atoms with Crippen molar-refractivity contribution in [3.63, 3.8) is 0 Å². The first-order chi connectivity index (χ1) is 7.97. The third-order valence-electron chi connectivity index (χ3n) is 1.54. The second kappa shape index (κ2) is 5.72. The van der Waals surface area contributed by atoms with Gasteiger partial charge >= 0.3 is 12.1 Å². The number of alkyl carbamates (subject to hydrolysis) is 1. The van der Waals surface area contributed by atoms with Crippen molar-refractivity contribution >= 4 is 12.1 Å². The van der Waals surface area contributed by atoms with Crippen LogP contribution in [0.3, 0.4) is 0 Å². The Morgan fingerprint density at radius 1 is 1.56 bits per heavy atom. The highest BCUT2D eigenvalue weighted by Gasteiger charge is 2.24. The molecule has 0 radical (unpaired) electrons. The summed E-state index contributed by atoms with van der Waals surface area (Å²) in [6.07, 6.45) is -0.985. The molecule has 2 atom stereocenters. The van der Waals surface area contributed by atoms with Gasteiger partial charge in [0.1, 0.15) is 11.6 Å². The minimum atomic E-state index is -1.24. The van der Waals surface area contributed by atoms with E-state index < -0.39 is 29.6 Å². The molecule has 0 spiro atoms. The maximum absolute atomic E-state index is 11.4. The van der Waals surface area contributed by atoms with Crippen LogP contribution >= 0.6 is 0 Å². The summed E-state index contributed by atoms with van der Waals surface area (Å²) in [5.41, 5.74) is -0.715. The fourth-order valence-corrected chi connectivity index (χ4v) is 0.998. The normalized spacial score (nSPS) is 18.8. The van der Waals surface area contributed by atoms with Gasteiger partial charge in [-0.2, -0.15) is 0 Å². The zero-order chi connectivity index (χ0) is 14.6. The van der Waals surface area contributed by atoms with E-state index in [4.69, 9.17) is 12.6 Å². The van der Waals surface area contributed by atoms with Gasteiger partial charge in [0.05, 0.1) is 0 Å². The van der Waals surface area contributed by atoms with Crippen LogP contribution in [0.4, 0.5) is 4.79 Å². The highest BCUT2D eigenvalue weighted by atomic mass is 16.6. The molecule has 2 N–H and O–H groups in total. The van der Waals surface area contributed by atoms with Gasteiger partial charge < -0.3 is 15.2 Å². The summed E-state index contributed by atoms with van der Waals surface area (Å²) in [5, 5.41) is 11.2. The molecule has 1 amide bonds. The van der Waals surface area contributed by atoms with Gasteiger partial charge in [-0.3, -0.25) is 0 Å². The second-order valence-corrected chi connectivity index (χ2v) is 4.70. The van der Waals surface area contributed by atoms with Gasteiger partial charge in [-0.15, -0.1) is 0 Å². The molecule has 0 aromatic rings. The van der Waals surface area contributed by atoms with Crippen molar-refractivity contribution in [3.05, 3.63) is 0 Å². The molecule has 5 heteroatoms. The summed E-state index contributed by atoms with van der Waals surface area (Å²) in [6, 6.07) is -1.23. The molecule has 0 aliphatic carbocycles. The van der Waals surface area contributed by atoms with E-state index >= 15 is 0 Å². The Hall–Kier alpha value is -1.26. The van der Waals surface area contributed by atoms with E-state index in [1.54, 1.807) is 20.8 Å². The van der Waals surface area contributed by atoms with Gasteiger partial charge in [0.2, 0.25) is 0 Å². The Bertz CT molecular complexity index is 313.